The van der Waals surface area contributed by atoms with Crippen LogP contribution >= 0.6 is 12.2 Å². The highest BCUT2D eigenvalue weighted by Gasteiger charge is 2.21. The van der Waals surface area contributed by atoms with E-state index in [0.29, 0.717) is 0 Å². The predicted molar refractivity (Wildman–Crippen MR) is 124 cm³/mol. The molecule has 29 heavy (non-hydrogen) atoms. The third-order valence-corrected chi connectivity index (χ3v) is 5.71. The van der Waals surface area contributed by atoms with E-state index < -0.39 is 0 Å². The van der Waals surface area contributed by atoms with Crippen molar-refractivity contribution in [1.29, 1.82) is 0 Å². The van der Waals surface area contributed by atoms with Gasteiger partial charge < -0.3 is 15.0 Å². The number of rotatable bonds is 5. The van der Waals surface area contributed by atoms with Gasteiger partial charge in [-0.25, -0.2) is 0 Å². The van der Waals surface area contributed by atoms with Crippen LogP contribution in [0.25, 0.3) is 0 Å². The van der Waals surface area contributed by atoms with E-state index in [1.54, 1.807) is 0 Å². The molecule has 0 bridgehead atoms. The minimum absolute atomic E-state index is 0.742. The van der Waals surface area contributed by atoms with E-state index in [1.165, 1.54) is 18.4 Å². The first-order valence-corrected chi connectivity index (χ1v) is 10.6. The lowest BCUT2D eigenvalue weighted by Gasteiger charge is -2.34. The van der Waals surface area contributed by atoms with Gasteiger partial charge in [0.05, 0.1) is 0 Å². The number of thiocarbonyl (C=S) groups is 1. The van der Waals surface area contributed by atoms with Crippen molar-refractivity contribution in [3.05, 3.63) is 90.5 Å². The third-order valence-electron chi connectivity index (χ3n) is 5.35. The Balaban J connectivity index is 1.25. The number of piperidine rings is 1. The zero-order valence-electron chi connectivity index (χ0n) is 16.5. The van der Waals surface area contributed by atoms with Gasteiger partial charge >= 0.3 is 0 Å². The number of para-hydroxylation sites is 1. The molecule has 3 aromatic rings. The van der Waals surface area contributed by atoms with Crippen LogP contribution in [0, 0.1) is 5.92 Å². The average Bonchev–Trinajstić information content (AvgIpc) is 2.77. The van der Waals surface area contributed by atoms with Crippen molar-refractivity contribution in [2.75, 3.05) is 18.4 Å². The molecule has 0 amide bonds. The highest BCUT2D eigenvalue weighted by Crippen LogP contribution is 2.24. The van der Waals surface area contributed by atoms with Crippen molar-refractivity contribution in [2.45, 2.75) is 19.3 Å². The topological polar surface area (TPSA) is 24.5 Å². The molecule has 1 N–H and O–H groups in total. The summed E-state index contributed by atoms with van der Waals surface area (Å²) in [6, 6.07) is 28.5. The van der Waals surface area contributed by atoms with Gasteiger partial charge in [-0.15, -0.1) is 0 Å². The summed E-state index contributed by atoms with van der Waals surface area (Å²) < 4.78 is 5.84. The molecule has 0 aliphatic carbocycles. The van der Waals surface area contributed by atoms with Crippen molar-refractivity contribution < 1.29 is 4.74 Å². The third kappa shape index (κ3) is 5.58. The molecule has 3 aromatic carbocycles. The van der Waals surface area contributed by atoms with Gasteiger partial charge in [-0.2, -0.15) is 0 Å². The number of benzene rings is 3. The van der Waals surface area contributed by atoms with Crippen LogP contribution in [0.15, 0.2) is 84.9 Å². The molecule has 1 saturated heterocycles. The van der Waals surface area contributed by atoms with Gasteiger partial charge in [0.2, 0.25) is 0 Å². The Morgan fingerprint density at radius 2 is 1.41 bits per heavy atom. The maximum Gasteiger partial charge on any atom is 0.173 e. The van der Waals surface area contributed by atoms with E-state index in [4.69, 9.17) is 17.0 Å². The molecule has 1 heterocycles. The molecule has 0 radical (unpaired) electrons. The zero-order valence-corrected chi connectivity index (χ0v) is 17.3. The number of hydrogen-bond acceptors (Lipinski definition) is 2. The van der Waals surface area contributed by atoms with Gasteiger partial charge in [0.1, 0.15) is 11.5 Å². The van der Waals surface area contributed by atoms with Crippen molar-refractivity contribution in [1.82, 2.24) is 4.90 Å². The fourth-order valence-corrected chi connectivity index (χ4v) is 4.02. The van der Waals surface area contributed by atoms with Gasteiger partial charge in [-0.05, 0) is 79.4 Å². The lowest BCUT2D eigenvalue weighted by atomic mass is 9.90. The van der Waals surface area contributed by atoms with E-state index in [9.17, 15) is 0 Å². The largest absolute Gasteiger partial charge is 0.457 e. The Bertz CT molecular complexity index is 905. The molecule has 0 spiro atoms. The van der Waals surface area contributed by atoms with Crippen molar-refractivity contribution >= 4 is 23.0 Å². The summed E-state index contributed by atoms with van der Waals surface area (Å²) in [6.07, 6.45) is 3.53. The number of nitrogens with one attached hydrogen (secondary N) is 1. The summed E-state index contributed by atoms with van der Waals surface area (Å²) in [7, 11) is 0. The Hall–Kier alpha value is -2.85. The number of ether oxygens (including phenoxy) is 1. The SMILES string of the molecule is S=C(Nc1ccc(Oc2ccccc2)cc1)N1CCC(Cc2ccccc2)CC1. The molecule has 0 atom stereocenters. The summed E-state index contributed by atoms with van der Waals surface area (Å²) >= 11 is 5.65. The molecule has 4 rings (SSSR count). The van der Waals surface area contributed by atoms with Gasteiger partial charge in [0.25, 0.3) is 0 Å². The van der Waals surface area contributed by atoms with Crippen LogP contribution in [0.1, 0.15) is 18.4 Å². The highest BCUT2D eigenvalue weighted by molar-refractivity contribution is 7.80. The number of likely N-dealkylation sites (tertiary alicyclic amines) is 1. The Morgan fingerprint density at radius 1 is 0.828 bits per heavy atom. The second-order valence-corrected chi connectivity index (χ2v) is 7.88. The summed E-state index contributed by atoms with van der Waals surface area (Å²) in [6.45, 7) is 2.02. The maximum absolute atomic E-state index is 5.84. The van der Waals surface area contributed by atoms with Crippen molar-refractivity contribution in [3.63, 3.8) is 0 Å². The van der Waals surface area contributed by atoms with Crippen molar-refractivity contribution in [3.8, 4) is 11.5 Å². The number of hydrogen-bond donors (Lipinski definition) is 1. The molecule has 148 valence electrons. The van der Waals surface area contributed by atoms with Crippen LogP contribution in [0.3, 0.4) is 0 Å². The molecule has 1 fully saturated rings. The second-order valence-electron chi connectivity index (χ2n) is 7.49. The quantitative estimate of drug-likeness (QED) is 0.519. The van der Waals surface area contributed by atoms with E-state index in [0.717, 1.165) is 47.7 Å². The molecule has 0 saturated carbocycles. The van der Waals surface area contributed by atoms with Gasteiger partial charge in [0, 0.05) is 18.8 Å². The Kier molecular flexibility index (Phi) is 6.42. The summed E-state index contributed by atoms with van der Waals surface area (Å²) in [5, 5.41) is 4.17. The first-order chi connectivity index (χ1) is 14.3. The molecule has 3 nitrogen and oxygen atoms in total. The highest BCUT2D eigenvalue weighted by atomic mass is 32.1. The Morgan fingerprint density at radius 3 is 2.07 bits per heavy atom. The van der Waals surface area contributed by atoms with E-state index in [2.05, 4.69) is 40.5 Å². The van der Waals surface area contributed by atoms with Crippen LogP contribution in [0.2, 0.25) is 0 Å². The zero-order chi connectivity index (χ0) is 19.9. The maximum atomic E-state index is 5.84. The monoisotopic (exact) mass is 402 g/mol. The molecule has 0 unspecified atom stereocenters. The molecule has 1 aliphatic rings. The van der Waals surface area contributed by atoms with Gasteiger partial charge in [-0.3, -0.25) is 0 Å². The second kappa shape index (κ2) is 9.57. The standard InChI is InChI=1S/C25H26N2OS/c29-25(27-17-15-21(16-18-27)19-20-7-3-1-4-8-20)26-22-11-13-24(14-12-22)28-23-9-5-2-6-10-23/h1-14,21H,15-19H2,(H,26,29). The van der Waals surface area contributed by atoms with Crippen LogP contribution in [0.5, 0.6) is 11.5 Å². The summed E-state index contributed by atoms with van der Waals surface area (Å²) in [5.41, 5.74) is 2.42. The van der Waals surface area contributed by atoms with Gasteiger partial charge in [0.15, 0.2) is 5.11 Å². The minimum atomic E-state index is 0.742. The van der Waals surface area contributed by atoms with Crippen LogP contribution in [-0.4, -0.2) is 23.1 Å². The minimum Gasteiger partial charge on any atom is -0.457 e. The molecular weight excluding hydrogens is 376 g/mol. The molecule has 0 aromatic heterocycles. The number of anilines is 1. The molecule has 1 aliphatic heterocycles. The van der Waals surface area contributed by atoms with E-state index in [1.807, 2.05) is 54.6 Å². The molecular formula is C25H26N2OS. The first-order valence-electron chi connectivity index (χ1n) is 10.2. The normalized spacial score (nSPS) is 14.4. The van der Waals surface area contributed by atoms with Gasteiger partial charge in [-0.1, -0.05) is 48.5 Å². The van der Waals surface area contributed by atoms with E-state index >= 15 is 0 Å². The lowest BCUT2D eigenvalue weighted by Crippen LogP contribution is -2.41. The number of nitrogens with zero attached hydrogens (tertiary/aromatic N) is 1. The van der Waals surface area contributed by atoms with Crippen molar-refractivity contribution in [2.24, 2.45) is 5.92 Å². The van der Waals surface area contributed by atoms with E-state index in [-0.39, 0.29) is 0 Å². The Labute approximate surface area is 178 Å². The summed E-state index contributed by atoms with van der Waals surface area (Å²) in [5.74, 6) is 2.39. The predicted octanol–water partition coefficient (Wildman–Crippen LogP) is 6.13. The van der Waals surface area contributed by atoms with Crippen LogP contribution in [0.4, 0.5) is 5.69 Å². The summed E-state index contributed by atoms with van der Waals surface area (Å²) in [4.78, 5) is 2.28. The first kappa shape index (κ1) is 19.5. The fraction of sp³-hybridized carbons (Fsp3) is 0.240. The van der Waals surface area contributed by atoms with Crippen LogP contribution in [-0.2, 0) is 6.42 Å². The van der Waals surface area contributed by atoms with Crippen LogP contribution < -0.4 is 10.1 Å². The average molecular weight is 403 g/mol. The lowest BCUT2D eigenvalue weighted by molar-refractivity contribution is 0.268. The fourth-order valence-electron chi connectivity index (χ4n) is 3.72. The molecule has 4 heteroatoms. The smallest absolute Gasteiger partial charge is 0.173 e.